The van der Waals surface area contributed by atoms with Gasteiger partial charge in [0.25, 0.3) is 5.88 Å². The molecule has 0 aromatic carbocycles. The van der Waals surface area contributed by atoms with Crippen molar-refractivity contribution in [1.82, 2.24) is 9.88 Å². The lowest BCUT2D eigenvalue weighted by Crippen LogP contribution is -2.24. The Kier molecular flexibility index (Phi) is 5.81. The predicted octanol–water partition coefficient (Wildman–Crippen LogP) is 1.89. The molecule has 1 heterocycles. The molecule has 22 heavy (non-hydrogen) atoms. The maximum absolute atomic E-state index is 11.9. The van der Waals surface area contributed by atoms with Gasteiger partial charge in [0, 0.05) is 18.8 Å². The van der Waals surface area contributed by atoms with Crippen LogP contribution in [0.2, 0.25) is 0 Å². The fraction of sp³-hybridized carbons (Fsp3) is 0.571. The number of aromatic nitrogens is 1. The maximum Gasteiger partial charge on any atom is 0.340 e. The Balaban J connectivity index is 2.94. The Morgan fingerprint density at radius 2 is 2.05 bits per heavy atom. The summed E-state index contributed by atoms with van der Waals surface area (Å²) in [6.45, 7) is 5.99. The SMILES string of the molecule is CN(C)CCOc1ncc(C(=O)OC(C)(C)C)cc1[N+](=O)[O-]. The van der Waals surface area contributed by atoms with E-state index in [0.29, 0.717) is 6.54 Å². The average molecular weight is 311 g/mol. The highest BCUT2D eigenvalue weighted by Gasteiger charge is 2.24. The minimum Gasteiger partial charge on any atom is -0.471 e. The normalized spacial score (nSPS) is 11.4. The fourth-order valence-corrected chi connectivity index (χ4v) is 1.46. The van der Waals surface area contributed by atoms with Crippen LogP contribution in [0.25, 0.3) is 0 Å². The Hall–Kier alpha value is -2.22. The van der Waals surface area contributed by atoms with E-state index < -0.39 is 16.5 Å². The standard InChI is InChI=1S/C14H21N3O5/c1-14(2,3)22-13(18)10-8-11(17(19)20)12(15-9-10)21-7-6-16(4)5/h8-9H,6-7H2,1-5H3. The van der Waals surface area contributed by atoms with Crippen LogP contribution in [0, 0.1) is 10.1 Å². The molecule has 1 aromatic heterocycles. The van der Waals surface area contributed by atoms with E-state index in [4.69, 9.17) is 9.47 Å². The first-order valence-electron chi connectivity index (χ1n) is 6.75. The second kappa shape index (κ2) is 7.17. The Morgan fingerprint density at radius 3 is 2.55 bits per heavy atom. The van der Waals surface area contributed by atoms with E-state index in [2.05, 4.69) is 4.98 Å². The van der Waals surface area contributed by atoms with Gasteiger partial charge in [-0.1, -0.05) is 0 Å². The van der Waals surface area contributed by atoms with E-state index in [1.54, 1.807) is 20.8 Å². The number of ether oxygens (including phenoxy) is 2. The number of nitrogens with zero attached hydrogens (tertiary/aromatic N) is 3. The first-order valence-corrected chi connectivity index (χ1v) is 6.75. The van der Waals surface area contributed by atoms with E-state index in [-0.39, 0.29) is 23.7 Å². The van der Waals surface area contributed by atoms with Gasteiger partial charge in [0.2, 0.25) is 0 Å². The summed E-state index contributed by atoms with van der Waals surface area (Å²) >= 11 is 0. The van der Waals surface area contributed by atoms with Crippen LogP contribution in [0.1, 0.15) is 31.1 Å². The molecule has 0 atom stereocenters. The number of carbonyl (C=O) groups excluding carboxylic acids is 1. The molecule has 0 bridgehead atoms. The molecule has 0 aliphatic heterocycles. The Bertz CT molecular complexity index is 552. The fourth-order valence-electron chi connectivity index (χ4n) is 1.46. The van der Waals surface area contributed by atoms with Crippen LogP contribution in [0.5, 0.6) is 5.88 Å². The van der Waals surface area contributed by atoms with Crippen molar-refractivity contribution in [2.45, 2.75) is 26.4 Å². The molecule has 0 N–H and O–H groups in total. The van der Waals surface area contributed by atoms with Gasteiger partial charge < -0.3 is 14.4 Å². The van der Waals surface area contributed by atoms with Gasteiger partial charge in [-0.3, -0.25) is 10.1 Å². The molecule has 122 valence electrons. The molecule has 0 aliphatic carbocycles. The monoisotopic (exact) mass is 311 g/mol. The zero-order valence-electron chi connectivity index (χ0n) is 13.5. The molecule has 0 saturated carbocycles. The van der Waals surface area contributed by atoms with Crippen molar-refractivity contribution in [2.24, 2.45) is 0 Å². The zero-order valence-corrected chi connectivity index (χ0v) is 13.5. The maximum atomic E-state index is 11.9. The quantitative estimate of drug-likeness (QED) is 0.449. The summed E-state index contributed by atoms with van der Waals surface area (Å²) in [6.07, 6.45) is 1.21. The van der Waals surface area contributed by atoms with Gasteiger partial charge in [-0.05, 0) is 34.9 Å². The highest BCUT2D eigenvalue weighted by atomic mass is 16.6. The summed E-state index contributed by atoms with van der Waals surface area (Å²) in [5.41, 5.74) is -1.03. The van der Waals surface area contributed by atoms with E-state index in [9.17, 15) is 14.9 Å². The number of likely N-dealkylation sites (N-methyl/N-ethyl adjacent to an activating group) is 1. The van der Waals surface area contributed by atoms with Crippen molar-refractivity contribution in [1.29, 1.82) is 0 Å². The Labute approximate surface area is 129 Å². The lowest BCUT2D eigenvalue weighted by molar-refractivity contribution is -0.386. The highest BCUT2D eigenvalue weighted by Crippen LogP contribution is 2.26. The first-order chi connectivity index (χ1) is 10.1. The number of esters is 1. The molecule has 8 heteroatoms. The molecule has 0 spiro atoms. The lowest BCUT2D eigenvalue weighted by Gasteiger charge is -2.19. The smallest absolute Gasteiger partial charge is 0.340 e. The van der Waals surface area contributed by atoms with Crippen molar-refractivity contribution < 1.29 is 19.2 Å². The van der Waals surface area contributed by atoms with E-state index in [0.717, 1.165) is 6.07 Å². The second-order valence-electron chi connectivity index (χ2n) is 5.96. The topological polar surface area (TPSA) is 94.8 Å². The van der Waals surface area contributed by atoms with Crippen molar-refractivity contribution in [3.8, 4) is 5.88 Å². The average Bonchev–Trinajstić information content (AvgIpc) is 2.36. The van der Waals surface area contributed by atoms with Crippen LogP contribution in [-0.2, 0) is 4.74 Å². The highest BCUT2D eigenvalue weighted by molar-refractivity contribution is 5.90. The third-order valence-corrected chi connectivity index (χ3v) is 2.44. The van der Waals surface area contributed by atoms with Crippen molar-refractivity contribution in [2.75, 3.05) is 27.2 Å². The zero-order chi connectivity index (χ0) is 16.9. The number of rotatable bonds is 6. The number of hydrogen-bond donors (Lipinski definition) is 0. The molecular formula is C14H21N3O5. The summed E-state index contributed by atoms with van der Waals surface area (Å²) in [4.78, 5) is 28.1. The van der Waals surface area contributed by atoms with Gasteiger partial charge in [-0.15, -0.1) is 0 Å². The summed E-state index contributed by atoms with van der Waals surface area (Å²) < 4.78 is 10.5. The van der Waals surface area contributed by atoms with E-state index in [1.807, 2.05) is 19.0 Å². The van der Waals surface area contributed by atoms with Crippen LogP contribution in [-0.4, -0.2) is 53.6 Å². The molecule has 0 unspecified atom stereocenters. The van der Waals surface area contributed by atoms with Crippen molar-refractivity contribution in [3.05, 3.63) is 27.9 Å². The summed E-state index contributed by atoms with van der Waals surface area (Å²) in [5.74, 6) is -0.776. The predicted molar refractivity (Wildman–Crippen MR) is 80.1 cm³/mol. The van der Waals surface area contributed by atoms with Gasteiger partial charge in [0.15, 0.2) is 0 Å². The van der Waals surface area contributed by atoms with Gasteiger partial charge in [0.05, 0.1) is 10.5 Å². The summed E-state index contributed by atoms with van der Waals surface area (Å²) in [5, 5.41) is 11.1. The third-order valence-electron chi connectivity index (χ3n) is 2.44. The molecule has 8 nitrogen and oxygen atoms in total. The van der Waals surface area contributed by atoms with E-state index in [1.165, 1.54) is 6.20 Å². The second-order valence-corrected chi connectivity index (χ2v) is 5.96. The van der Waals surface area contributed by atoms with Crippen LogP contribution in [0.3, 0.4) is 0 Å². The summed E-state index contributed by atoms with van der Waals surface area (Å²) in [6, 6.07) is 1.12. The number of pyridine rings is 1. The molecule has 0 saturated heterocycles. The number of hydrogen-bond acceptors (Lipinski definition) is 7. The van der Waals surface area contributed by atoms with E-state index >= 15 is 0 Å². The molecule has 0 aliphatic rings. The minimum absolute atomic E-state index is 0.0154. The molecule has 1 rings (SSSR count). The van der Waals surface area contributed by atoms with Crippen LogP contribution in [0.4, 0.5) is 5.69 Å². The molecule has 0 amide bonds. The summed E-state index contributed by atoms with van der Waals surface area (Å²) in [7, 11) is 3.72. The van der Waals surface area contributed by atoms with Gasteiger partial charge >= 0.3 is 11.7 Å². The van der Waals surface area contributed by atoms with Gasteiger partial charge in [0.1, 0.15) is 12.2 Å². The Morgan fingerprint density at radius 1 is 1.41 bits per heavy atom. The molecular weight excluding hydrogens is 290 g/mol. The van der Waals surface area contributed by atoms with Crippen LogP contribution in [0.15, 0.2) is 12.3 Å². The largest absolute Gasteiger partial charge is 0.471 e. The van der Waals surface area contributed by atoms with Crippen LogP contribution >= 0.6 is 0 Å². The van der Waals surface area contributed by atoms with Gasteiger partial charge in [-0.2, -0.15) is 0 Å². The van der Waals surface area contributed by atoms with Gasteiger partial charge in [-0.25, -0.2) is 9.78 Å². The number of carbonyl (C=O) groups is 1. The van der Waals surface area contributed by atoms with Crippen molar-refractivity contribution >= 4 is 11.7 Å². The number of nitro groups is 1. The first kappa shape index (κ1) is 17.8. The molecule has 0 fully saturated rings. The van der Waals surface area contributed by atoms with Crippen molar-refractivity contribution in [3.63, 3.8) is 0 Å². The molecule has 0 radical (unpaired) electrons. The molecule has 1 aromatic rings. The third kappa shape index (κ3) is 5.65. The minimum atomic E-state index is -0.688. The lowest BCUT2D eigenvalue weighted by atomic mass is 10.2. The van der Waals surface area contributed by atoms with Crippen LogP contribution < -0.4 is 4.74 Å².